The Kier molecular flexibility index (Phi) is 6.39. The Balaban J connectivity index is 1.95. The summed E-state index contributed by atoms with van der Waals surface area (Å²) in [5.41, 5.74) is -3.10. The lowest BCUT2D eigenvalue weighted by Crippen LogP contribution is -2.42. The molecule has 0 aliphatic heterocycles. The third-order valence-electron chi connectivity index (χ3n) is 5.54. The second-order valence-corrected chi connectivity index (χ2v) is 8.15. The maximum absolute atomic E-state index is 13.4. The van der Waals surface area contributed by atoms with Gasteiger partial charge in [-0.05, 0) is 36.8 Å². The molecule has 0 aliphatic carbocycles. The van der Waals surface area contributed by atoms with Crippen LogP contribution < -0.4 is 16.9 Å². The first-order valence-electron chi connectivity index (χ1n) is 10.5. The Hall–Kier alpha value is -4.06. The van der Waals surface area contributed by atoms with Crippen molar-refractivity contribution in [1.82, 2.24) is 18.7 Å². The van der Waals surface area contributed by atoms with Crippen LogP contribution in [0.5, 0.6) is 0 Å². The summed E-state index contributed by atoms with van der Waals surface area (Å²) < 4.78 is 47.8. The fourth-order valence-corrected chi connectivity index (χ4v) is 4.03. The molecule has 0 saturated carbocycles. The summed E-state index contributed by atoms with van der Waals surface area (Å²) in [4.78, 5) is 53.5. The fraction of sp³-hybridized carbons (Fsp3) is 0.217. The Morgan fingerprint density at radius 3 is 2.53 bits per heavy atom. The van der Waals surface area contributed by atoms with E-state index in [-0.39, 0.29) is 17.9 Å². The van der Waals surface area contributed by atoms with Crippen LogP contribution in [0.2, 0.25) is 5.02 Å². The summed E-state index contributed by atoms with van der Waals surface area (Å²) in [5.74, 6) is -1.02. The van der Waals surface area contributed by atoms with E-state index >= 15 is 0 Å². The van der Waals surface area contributed by atoms with Gasteiger partial charge in [-0.3, -0.25) is 18.5 Å². The molecule has 188 valence electrons. The van der Waals surface area contributed by atoms with Crippen LogP contribution in [0.25, 0.3) is 16.7 Å². The van der Waals surface area contributed by atoms with Gasteiger partial charge in [0.1, 0.15) is 5.56 Å². The molecule has 0 atom stereocenters. The van der Waals surface area contributed by atoms with Crippen LogP contribution in [0.15, 0.2) is 57.0 Å². The molecule has 0 amide bonds. The molecule has 1 N–H and O–H groups in total. The standard InChI is InChI=1S/C23H18ClF3N4O5/c1-3-36-20(33)14-11-30(13-7-8-17-16(9-13)28-21(34)29(17)2)22(35)31(19(14)32)10-12-5-4-6-15(18(12)24)23(25,26)27/h4-9,11H,3,10H2,1-2H3,(H,28,34). The quantitative estimate of drug-likeness (QED) is 0.405. The van der Waals surface area contributed by atoms with Crippen LogP contribution >= 0.6 is 11.6 Å². The highest BCUT2D eigenvalue weighted by molar-refractivity contribution is 6.32. The van der Waals surface area contributed by atoms with E-state index in [0.29, 0.717) is 15.6 Å². The molecule has 0 spiro atoms. The lowest BCUT2D eigenvalue weighted by molar-refractivity contribution is -0.137. The number of hydrogen-bond donors (Lipinski definition) is 1. The molecule has 2 aromatic heterocycles. The molecule has 36 heavy (non-hydrogen) atoms. The van der Waals surface area contributed by atoms with Gasteiger partial charge in [-0.15, -0.1) is 0 Å². The molecule has 0 unspecified atom stereocenters. The number of ether oxygens (including phenoxy) is 1. The summed E-state index contributed by atoms with van der Waals surface area (Å²) in [6, 6.07) is 7.61. The first-order chi connectivity index (χ1) is 16.9. The van der Waals surface area contributed by atoms with Gasteiger partial charge in [-0.2, -0.15) is 13.2 Å². The lowest BCUT2D eigenvalue weighted by atomic mass is 10.1. The number of carbonyl (C=O) groups is 1. The normalized spacial score (nSPS) is 11.7. The van der Waals surface area contributed by atoms with Crippen LogP contribution in [0, 0.1) is 0 Å². The van der Waals surface area contributed by atoms with E-state index in [1.165, 1.54) is 29.7 Å². The lowest BCUT2D eigenvalue weighted by Gasteiger charge is -2.15. The average molecular weight is 523 g/mol. The first kappa shape index (κ1) is 25.0. The monoisotopic (exact) mass is 522 g/mol. The van der Waals surface area contributed by atoms with Gasteiger partial charge >= 0.3 is 23.5 Å². The zero-order valence-electron chi connectivity index (χ0n) is 18.9. The number of aryl methyl sites for hydroxylation is 1. The summed E-state index contributed by atoms with van der Waals surface area (Å²) >= 11 is 5.97. The number of alkyl halides is 3. The molecule has 9 nitrogen and oxygen atoms in total. The number of halogens is 4. The zero-order valence-corrected chi connectivity index (χ0v) is 19.6. The highest BCUT2D eigenvalue weighted by atomic mass is 35.5. The second kappa shape index (κ2) is 9.19. The van der Waals surface area contributed by atoms with E-state index in [1.807, 2.05) is 0 Å². The SMILES string of the molecule is CCOC(=O)c1cn(-c2ccc3c(c2)[nH]c(=O)n3C)c(=O)n(Cc2cccc(C(F)(F)F)c2Cl)c1=O. The Morgan fingerprint density at radius 2 is 1.86 bits per heavy atom. The number of rotatable bonds is 5. The molecule has 0 fully saturated rings. The smallest absolute Gasteiger partial charge is 0.417 e. The van der Waals surface area contributed by atoms with Gasteiger partial charge in [0.25, 0.3) is 5.56 Å². The second-order valence-electron chi connectivity index (χ2n) is 7.77. The molecular weight excluding hydrogens is 505 g/mol. The number of fused-ring (bicyclic) bond motifs is 1. The Bertz CT molecular complexity index is 1680. The Morgan fingerprint density at radius 1 is 1.14 bits per heavy atom. The Labute approximate surface area is 204 Å². The van der Waals surface area contributed by atoms with Gasteiger partial charge in [0.05, 0.1) is 40.5 Å². The average Bonchev–Trinajstić information content (AvgIpc) is 3.09. The number of esters is 1. The molecular formula is C23H18ClF3N4O5. The van der Waals surface area contributed by atoms with Crippen LogP contribution in [0.3, 0.4) is 0 Å². The summed E-state index contributed by atoms with van der Waals surface area (Å²) in [6.45, 7) is 0.820. The number of aromatic nitrogens is 4. The van der Waals surface area contributed by atoms with E-state index in [9.17, 15) is 32.3 Å². The molecule has 4 aromatic rings. The van der Waals surface area contributed by atoms with E-state index < -0.39 is 51.8 Å². The number of benzene rings is 2. The number of nitrogens with zero attached hydrogens (tertiary/aromatic N) is 3. The van der Waals surface area contributed by atoms with Gasteiger partial charge in [-0.1, -0.05) is 23.7 Å². The van der Waals surface area contributed by atoms with Crippen molar-refractivity contribution in [2.75, 3.05) is 6.61 Å². The number of H-pyrrole nitrogens is 1. The molecule has 0 bridgehead atoms. The van der Waals surface area contributed by atoms with Crippen LogP contribution in [0.1, 0.15) is 28.4 Å². The van der Waals surface area contributed by atoms with E-state index in [2.05, 4.69) is 4.98 Å². The molecule has 0 aliphatic rings. The predicted molar refractivity (Wildman–Crippen MR) is 125 cm³/mol. The van der Waals surface area contributed by atoms with Crippen LogP contribution in [0.4, 0.5) is 13.2 Å². The zero-order chi connectivity index (χ0) is 26.4. The first-order valence-corrected chi connectivity index (χ1v) is 10.9. The fourth-order valence-electron chi connectivity index (χ4n) is 3.74. The minimum absolute atomic E-state index is 0.0614. The van der Waals surface area contributed by atoms with E-state index in [0.717, 1.165) is 22.9 Å². The summed E-state index contributed by atoms with van der Waals surface area (Å²) in [6.07, 6.45) is -3.76. The van der Waals surface area contributed by atoms with Crippen molar-refractivity contribution in [2.45, 2.75) is 19.6 Å². The summed E-state index contributed by atoms with van der Waals surface area (Å²) in [5, 5.41) is -0.673. The van der Waals surface area contributed by atoms with Gasteiger partial charge in [-0.25, -0.2) is 14.4 Å². The molecule has 0 saturated heterocycles. The van der Waals surface area contributed by atoms with Gasteiger partial charge in [0.2, 0.25) is 0 Å². The van der Waals surface area contributed by atoms with Crippen molar-refractivity contribution in [3.05, 3.63) is 95.6 Å². The minimum atomic E-state index is -4.76. The molecule has 2 heterocycles. The molecule has 13 heteroatoms. The number of imidazole rings is 1. The number of carbonyl (C=O) groups excluding carboxylic acids is 1. The summed E-state index contributed by atoms with van der Waals surface area (Å²) in [7, 11) is 1.55. The van der Waals surface area contributed by atoms with E-state index in [4.69, 9.17) is 16.3 Å². The van der Waals surface area contributed by atoms with Crippen LogP contribution in [-0.4, -0.2) is 31.3 Å². The number of nitrogens with one attached hydrogen (secondary N) is 1. The number of aromatic amines is 1. The van der Waals surface area contributed by atoms with Gasteiger partial charge in [0.15, 0.2) is 0 Å². The topological polar surface area (TPSA) is 108 Å². The number of hydrogen-bond acceptors (Lipinski definition) is 5. The van der Waals surface area contributed by atoms with Gasteiger partial charge in [0, 0.05) is 13.2 Å². The van der Waals surface area contributed by atoms with Crippen molar-refractivity contribution in [2.24, 2.45) is 7.05 Å². The maximum Gasteiger partial charge on any atom is 0.417 e. The highest BCUT2D eigenvalue weighted by Gasteiger charge is 2.34. The van der Waals surface area contributed by atoms with Crippen molar-refractivity contribution in [3.63, 3.8) is 0 Å². The predicted octanol–water partition coefficient (Wildman–Crippen LogP) is 3.08. The van der Waals surface area contributed by atoms with Crippen molar-refractivity contribution in [1.29, 1.82) is 0 Å². The van der Waals surface area contributed by atoms with Crippen molar-refractivity contribution in [3.8, 4) is 5.69 Å². The molecule has 2 aromatic carbocycles. The highest BCUT2D eigenvalue weighted by Crippen LogP contribution is 2.36. The van der Waals surface area contributed by atoms with E-state index in [1.54, 1.807) is 13.1 Å². The maximum atomic E-state index is 13.4. The van der Waals surface area contributed by atoms with Gasteiger partial charge < -0.3 is 9.72 Å². The molecule has 0 radical (unpaired) electrons. The third-order valence-corrected chi connectivity index (χ3v) is 5.99. The van der Waals surface area contributed by atoms with Crippen molar-refractivity contribution >= 4 is 28.6 Å². The van der Waals surface area contributed by atoms with Crippen molar-refractivity contribution < 1.29 is 22.7 Å². The largest absolute Gasteiger partial charge is 0.462 e. The third kappa shape index (κ3) is 4.35. The minimum Gasteiger partial charge on any atom is -0.462 e. The molecule has 4 rings (SSSR count). The van der Waals surface area contributed by atoms with Crippen LogP contribution in [-0.2, 0) is 24.5 Å².